The average Bonchev–Trinajstić information content (AvgIpc) is 3.66. The van der Waals surface area contributed by atoms with Crippen molar-refractivity contribution in [1.82, 2.24) is 0 Å². The van der Waals surface area contributed by atoms with Crippen LogP contribution in [0.4, 0.5) is 17.1 Å². The number of fused-ring (bicyclic) bond motifs is 8. The maximum Gasteiger partial charge on any atom is 0.143 e. The maximum absolute atomic E-state index is 6.55. The Kier molecular flexibility index (Phi) is 7.53. The van der Waals surface area contributed by atoms with E-state index in [1.54, 1.807) is 0 Å². The average molecular weight is 714 g/mol. The first-order valence-electron chi connectivity index (χ1n) is 19.2. The highest BCUT2D eigenvalue weighted by atomic mass is 16.3. The van der Waals surface area contributed by atoms with Crippen molar-refractivity contribution in [2.75, 3.05) is 4.90 Å². The van der Waals surface area contributed by atoms with Crippen molar-refractivity contribution < 1.29 is 4.42 Å². The van der Waals surface area contributed by atoms with E-state index in [2.05, 4.69) is 217 Å². The first kappa shape index (κ1) is 32.0. The second-order valence-electron chi connectivity index (χ2n) is 14.5. The molecule has 1 aromatic heterocycles. The second kappa shape index (κ2) is 13.2. The lowest BCUT2D eigenvalue weighted by Gasteiger charge is -2.28. The molecule has 0 radical (unpaired) electrons. The van der Waals surface area contributed by atoms with Gasteiger partial charge in [0.05, 0.1) is 5.69 Å². The van der Waals surface area contributed by atoms with Crippen LogP contribution in [0.3, 0.4) is 0 Å². The Hall–Kier alpha value is -7.42. The van der Waals surface area contributed by atoms with E-state index in [-0.39, 0.29) is 0 Å². The van der Waals surface area contributed by atoms with Gasteiger partial charge in [0.25, 0.3) is 0 Å². The van der Waals surface area contributed by atoms with Crippen molar-refractivity contribution in [3.63, 3.8) is 0 Å². The predicted octanol–water partition coefficient (Wildman–Crippen LogP) is 15.5. The molecule has 0 N–H and O–H groups in total. The van der Waals surface area contributed by atoms with Crippen molar-refractivity contribution in [2.45, 2.75) is 0 Å². The van der Waals surface area contributed by atoms with Gasteiger partial charge < -0.3 is 9.32 Å². The molecular weight excluding hydrogens is 679 g/mol. The number of hydrogen-bond donors (Lipinski definition) is 0. The van der Waals surface area contributed by atoms with Gasteiger partial charge in [-0.25, -0.2) is 0 Å². The molecule has 0 aliphatic carbocycles. The molecule has 11 rings (SSSR count). The van der Waals surface area contributed by atoms with Crippen LogP contribution in [0.1, 0.15) is 0 Å². The highest BCUT2D eigenvalue weighted by Crippen LogP contribution is 2.44. The minimum absolute atomic E-state index is 0.879. The van der Waals surface area contributed by atoms with Gasteiger partial charge in [0.15, 0.2) is 0 Å². The lowest BCUT2D eigenvalue weighted by molar-refractivity contribution is 0.672. The Morgan fingerprint density at radius 2 is 0.893 bits per heavy atom. The molecule has 1 heterocycles. The molecule has 0 atom stereocenters. The molecule has 11 aromatic rings. The first-order valence-corrected chi connectivity index (χ1v) is 19.2. The van der Waals surface area contributed by atoms with E-state index in [4.69, 9.17) is 4.42 Å². The third-order valence-corrected chi connectivity index (χ3v) is 11.3. The molecule has 0 saturated carbocycles. The van der Waals surface area contributed by atoms with Crippen LogP contribution in [-0.2, 0) is 0 Å². The number of anilines is 3. The summed E-state index contributed by atoms with van der Waals surface area (Å²) in [4.78, 5) is 2.38. The molecule has 0 amide bonds. The highest BCUT2D eigenvalue weighted by Gasteiger charge is 2.20. The summed E-state index contributed by atoms with van der Waals surface area (Å²) in [5.41, 5.74) is 12.2. The van der Waals surface area contributed by atoms with Crippen molar-refractivity contribution in [3.05, 3.63) is 212 Å². The van der Waals surface area contributed by atoms with Crippen LogP contribution >= 0.6 is 0 Å². The number of benzene rings is 10. The largest absolute Gasteiger partial charge is 0.455 e. The van der Waals surface area contributed by atoms with Gasteiger partial charge >= 0.3 is 0 Å². The molecule has 0 bridgehead atoms. The van der Waals surface area contributed by atoms with Gasteiger partial charge in [0.1, 0.15) is 11.2 Å². The summed E-state index contributed by atoms with van der Waals surface area (Å²) in [7, 11) is 0. The topological polar surface area (TPSA) is 16.4 Å². The van der Waals surface area contributed by atoms with Gasteiger partial charge in [0.2, 0.25) is 0 Å². The monoisotopic (exact) mass is 713 g/mol. The smallest absolute Gasteiger partial charge is 0.143 e. The fraction of sp³-hybridized carbons (Fsp3) is 0. The molecule has 0 saturated heterocycles. The molecule has 0 fully saturated rings. The van der Waals surface area contributed by atoms with Crippen LogP contribution in [-0.4, -0.2) is 0 Å². The van der Waals surface area contributed by atoms with E-state index in [0.717, 1.165) is 55.5 Å². The Morgan fingerprint density at radius 1 is 0.304 bits per heavy atom. The minimum Gasteiger partial charge on any atom is -0.455 e. The molecule has 0 unspecified atom stereocenters. The van der Waals surface area contributed by atoms with Crippen molar-refractivity contribution in [1.29, 1.82) is 0 Å². The maximum atomic E-state index is 6.55. The van der Waals surface area contributed by atoms with E-state index in [9.17, 15) is 0 Å². The third kappa shape index (κ3) is 5.34. The molecule has 56 heavy (non-hydrogen) atoms. The van der Waals surface area contributed by atoms with Crippen molar-refractivity contribution in [2.24, 2.45) is 0 Å². The summed E-state index contributed by atoms with van der Waals surface area (Å²) in [5, 5.41) is 9.59. The number of nitrogens with zero attached hydrogens (tertiary/aromatic N) is 1. The first-order chi connectivity index (χ1) is 27.8. The summed E-state index contributed by atoms with van der Waals surface area (Å²) < 4.78 is 6.55. The van der Waals surface area contributed by atoms with Crippen LogP contribution in [0, 0.1) is 0 Å². The SMILES string of the molecule is c1ccc(-c2ccc(N(c3ccc4oc5c6ccccc6ccc5c4c3)c3ccccc3-c3ccc(-c4cc5ccccc5c5ccccc45)cc3)cc2)cc1. The molecular formula is C54H35NO. The summed E-state index contributed by atoms with van der Waals surface area (Å²) >= 11 is 0. The molecule has 0 aliphatic heterocycles. The molecule has 262 valence electrons. The molecule has 0 aliphatic rings. The van der Waals surface area contributed by atoms with Crippen LogP contribution in [0.5, 0.6) is 0 Å². The van der Waals surface area contributed by atoms with Crippen molar-refractivity contribution in [3.8, 4) is 33.4 Å². The fourth-order valence-electron chi connectivity index (χ4n) is 8.53. The number of hydrogen-bond acceptors (Lipinski definition) is 2. The van der Waals surface area contributed by atoms with E-state index in [1.165, 1.54) is 49.2 Å². The number of rotatable bonds is 6. The van der Waals surface area contributed by atoms with Gasteiger partial charge in [-0.2, -0.15) is 0 Å². The van der Waals surface area contributed by atoms with Gasteiger partial charge in [-0.05, 0) is 103 Å². The Balaban J connectivity index is 1.06. The lowest BCUT2D eigenvalue weighted by atomic mass is 9.92. The number of para-hydroxylation sites is 1. The van der Waals surface area contributed by atoms with Crippen LogP contribution in [0.2, 0.25) is 0 Å². The minimum atomic E-state index is 0.879. The van der Waals surface area contributed by atoms with E-state index < -0.39 is 0 Å². The third-order valence-electron chi connectivity index (χ3n) is 11.3. The Morgan fingerprint density at radius 3 is 1.70 bits per heavy atom. The van der Waals surface area contributed by atoms with Gasteiger partial charge in [0, 0.05) is 33.1 Å². The zero-order chi connectivity index (χ0) is 37.0. The normalized spacial score (nSPS) is 11.6. The quantitative estimate of drug-likeness (QED) is 0.160. The van der Waals surface area contributed by atoms with Crippen LogP contribution in [0.15, 0.2) is 217 Å². The number of furan rings is 1. The molecule has 0 spiro atoms. The fourth-order valence-corrected chi connectivity index (χ4v) is 8.53. The summed E-state index contributed by atoms with van der Waals surface area (Å²) in [6, 6.07) is 76.5. The highest BCUT2D eigenvalue weighted by molar-refractivity contribution is 6.16. The van der Waals surface area contributed by atoms with Gasteiger partial charge in [-0.3, -0.25) is 0 Å². The second-order valence-corrected chi connectivity index (χ2v) is 14.5. The summed E-state index contributed by atoms with van der Waals surface area (Å²) in [6.45, 7) is 0. The predicted molar refractivity (Wildman–Crippen MR) is 237 cm³/mol. The zero-order valence-corrected chi connectivity index (χ0v) is 30.6. The Bertz CT molecular complexity index is 3230. The van der Waals surface area contributed by atoms with E-state index >= 15 is 0 Å². The van der Waals surface area contributed by atoms with E-state index in [0.29, 0.717) is 0 Å². The zero-order valence-electron chi connectivity index (χ0n) is 30.6. The van der Waals surface area contributed by atoms with Crippen LogP contribution in [0.25, 0.3) is 87.6 Å². The lowest BCUT2D eigenvalue weighted by Crippen LogP contribution is -2.11. The van der Waals surface area contributed by atoms with Crippen LogP contribution < -0.4 is 4.90 Å². The Labute approximate surface area is 325 Å². The van der Waals surface area contributed by atoms with Crippen molar-refractivity contribution >= 4 is 71.3 Å². The molecule has 2 heteroatoms. The van der Waals surface area contributed by atoms with E-state index in [1.807, 2.05) is 0 Å². The molecule has 2 nitrogen and oxygen atoms in total. The summed E-state index contributed by atoms with van der Waals surface area (Å²) in [5.74, 6) is 0. The van der Waals surface area contributed by atoms with Gasteiger partial charge in [-0.15, -0.1) is 0 Å². The standard InChI is InChI=1S/C54H35NO/c1-2-12-36(13-3-1)37-26-29-42(30-27-37)55(43-31-33-53-51(35-43)49-32-28-38-14-4-7-18-46(38)54(49)56-53)52-21-11-10-17-45(52)39-22-24-40(25-23-39)50-34-41-15-5-6-16-44(41)47-19-8-9-20-48(47)50/h1-35H. The summed E-state index contributed by atoms with van der Waals surface area (Å²) in [6.07, 6.45) is 0. The molecule has 10 aromatic carbocycles. The van der Waals surface area contributed by atoms with Gasteiger partial charge in [-0.1, -0.05) is 164 Å².